The molecule has 4 nitrogen and oxygen atoms in total. The first-order valence-electron chi connectivity index (χ1n) is 7.90. The molecule has 1 N–H and O–H groups in total. The summed E-state index contributed by atoms with van der Waals surface area (Å²) in [5.74, 6) is 0. The zero-order valence-electron chi connectivity index (χ0n) is 13.2. The van der Waals surface area contributed by atoms with Gasteiger partial charge in [-0.2, -0.15) is 0 Å². The minimum absolute atomic E-state index is 0.137. The fraction of sp³-hybridized carbons (Fsp3) is 0.588. The van der Waals surface area contributed by atoms with Crippen LogP contribution in [0.5, 0.6) is 0 Å². The van der Waals surface area contributed by atoms with E-state index in [2.05, 4.69) is 35.6 Å². The average molecular weight is 289 g/mol. The average Bonchev–Trinajstić information content (AvgIpc) is 2.52. The quantitative estimate of drug-likeness (QED) is 0.845. The third-order valence-corrected chi connectivity index (χ3v) is 4.07. The monoisotopic (exact) mass is 289 g/mol. The summed E-state index contributed by atoms with van der Waals surface area (Å²) in [5.41, 5.74) is 1.41. The molecule has 0 atom stereocenters. The second-order valence-electron chi connectivity index (χ2n) is 5.98. The van der Waals surface area contributed by atoms with Gasteiger partial charge in [0.2, 0.25) is 0 Å². The molecule has 1 aliphatic heterocycles. The summed E-state index contributed by atoms with van der Waals surface area (Å²) >= 11 is 0. The summed E-state index contributed by atoms with van der Waals surface area (Å²) in [6.07, 6.45) is 4.42. The van der Waals surface area contributed by atoms with Gasteiger partial charge < -0.3 is 15.1 Å². The molecule has 1 saturated heterocycles. The summed E-state index contributed by atoms with van der Waals surface area (Å²) in [7, 11) is 3.63. The Balaban J connectivity index is 1.60. The predicted molar refractivity (Wildman–Crippen MR) is 86.4 cm³/mol. The van der Waals surface area contributed by atoms with Gasteiger partial charge in [0, 0.05) is 33.2 Å². The normalized spacial score (nSPS) is 16.0. The summed E-state index contributed by atoms with van der Waals surface area (Å²) in [4.78, 5) is 15.5. The Morgan fingerprint density at radius 2 is 1.90 bits per heavy atom. The molecule has 2 amide bonds. The van der Waals surface area contributed by atoms with Crippen LogP contribution in [0, 0.1) is 0 Å². The largest absolute Gasteiger partial charge is 0.331 e. The highest BCUT2D eigenvalue weighted by Crippen LogP contribution is 2.12. The predicted octanol–water partition coefficient (Wildman–Crippen LogP) is 2.35. The first-order valence-corrected chi connectivity index (χ1v) is 7.90. The highest BCUT2D eigenvalue weighted by atomic mass is 16.2. The van der Waals surface area contributed by atoms with Crippen molar-refractivity contribution in [1.82, 2.24) is 15.1 Å². The van der Waals surface area contributed by atoms with Gasteiger partial charge in [-0.1, -0.05) is 30.3 Å². The first kappa shape index (κ1) is 15.8. The molecule has 0 radical (unpaired) electrons. The first-order chi connectivity index (χ1) is 10.2. The van der Waals surface area contributed by atoms with Crippen molar-refractivity contribution in [3.63, 3.8) is 0 Å². The number of urea groups is 1. The van der Waals surface area contributed by atoms with E-state index in [0.717, 1.165) is 38.9 Å². The van der Waals surface area contributed by atoms with Gasteiger partial charge >= 0.3 is 6.03 Å². The van der Waals surface area contributed by atoms with Crippen LogP contribution in [0.2, 0.25) is 0 Å². The van der Waals surface area contributed by atoms with E-state index in [0.29, 0.717) is 6.04 Å². The number of hydrogen-bond donors (Lipinski definition) is 1. The van der Waals surface area contributed by atoms with Crippen LogP contribution in [-0.4, -0.2) is 55.6 Å². The third-order valence-electron chi connectivity index (χ3n) is 4.07. The fourth-order valence-corrected chi connectivity index (χ4v) is 2.80. The van der Waals surface area contributed by atoms with Gasteiger partial charge in [-0.3, -0.25) is 0 Å². The topological polar surface area (TPSA) is 35.6 Å². The van der Waals surface area contributed by atoms with Crippen molar-refractivity contribution in [3.8, 4) is 0 Å². The Labute approximate surface area is 128 Å². The zero-order valence-corrected chi connectivity index (χ0v) is 13.2. The number of aryl methyl sites for hydroxylation is 1. The number of hydrogen-bond acceptors (Lipinski definition) is 2. The van der Waals surface area contributed by atoms with E-state index in [9.17, 15) is 4.79 Å². The lowest BCUT2D eigenvalue weighted by Gasteiger charge is -2.34. The van der Waals surface area contributed by atoms with Crippen molar-refractivity contribution >= 4 is 6.03 Å². The highest BCUT2D eigenvalue weighted by Gasteiger charge is 2.22. The Hall–Kier alpha value is -1.55. The molecule has 0 bridgehead atoms. The van der Waals surface area contributed by atoms with Gasteiger partial charge in [-0.15, -0.1) is 0 Å². The Morgan fingerprint density at radius 3 is 2.52 bits per heavy atom. The van der Waals surface area contributed by atoms with Gasteiger partial charge in [0.1, 0.15) is 0 Å². The second-order valence-corrected chi connectivity index (χ2v) is 5.98. The van der Waals surface area contributed by atoms with Crippen molar-refractivity contribution in [2.24, 2.45) is 0 Å². The summed E-state index contributed by atoms with van der Waals surface area (Å²) in [5, 5.41) is 3.63. The van der Waals surface area contributed by atoms with E-state index in [1.165, 1.54) is 12.0 Å². The summed E-state index contributed by atoms with van der Waals surface area (Å²) in [6.45, 7) is 2.79. The van der Waals surface area contributed by atoms with Gasteiger partial charge in [0.25, 0.3) is 0 Å². The molecule has 0 unspecified atom stereocenters. The molecule has 1 aromatic carbocycles. The minimum Gasteiger partial charge on any atom is -0.331 e. The number of carbonyl (C=O) groups excluding carboxylic acids is 1. The molecule has 2 rings (SSSR count). The number of rotatable bonds is 5. The molecule has 1 aromatic rings. The van der Waals surface area contributed by atoms with Crippen LogP contribution in [-0.2, 0) is 6.42 Å². The molecule has 1 fully saturated rings. The van der Waals surface area contributed by atoms with E-state index >= 15 is 0 Å². The number of nitrogens with one attached hydrogen (secondary N) is 1. The molecule has 1 heterocycles. The molecular weight excluding hydrogens is 262 g/mol. The van der Waals surface area contributed by atoms with Crippen LogP contribution in [0.1, 0.15) is 24.8 Å². The molecule has 4 heteroatoms. The highest BCUT2D eigenvalue weighted by molar-refractivity contribution is 5.73. The molecule has 0 saturated carbocycles. The number of likely N-dealkylation sites (tertiary alicyclic amines) is 1. The van der Waals surface area contributed by atoms with Crippen molar-refractivity contribution in [2.75, 3.05) is 33.7 Å². The molecular formula is C17H27N3O. The van der Waals surface area contributed by atoms with Crippen LogP contribution < -0.4 is 5.32 Å². The van der Waals surface area contributed by atoms with Crippen molar-refractivity contribution < 1.29 is 4.79 Å². The van der Waals surface area contributed by atoms with Gasteiger partial charge in [-0.05, 0) is 37.8 Å². The van der Waals surface area contributed by atoms with E-state index in [1.807, 2.05) is 19.0 Å². The minimum atomic E-state index is 0.137. The number of nitrogens with zero attached hydrogens (tertiary/aromatic N) is 2. The summed E-state index contributed by atoms with van der Waals surface area (Å²) in [6, 6.07) is 11.3. The van der Waals surface area contributed by atoms with Gasteiger partial charge in [0.05, 0.1) is 0 Å². The molecule has 0 spiro atoms. The second kappa shape index (κ2) is 8.03. The number of carbonyl (C=O) groups is 1. The number of piperidine rings is 1. The Kier molecular flexibility index (Phi) is 6.05. The zero-order chi connectivity index (χ0) is 15.1. The maximum Gasteiger partial charge on any atom is 0.319 e. The van der Waals surface area contributed by atoms with Crippen LogP contribution in [0.25, 0.3) is 0 Å². The van der Waals surface area contributed by atoms with Crippen LogP contribution in [0.4, 0.5) is 4.79 Å². The molecule has 21 heavy (non-hydrogen) atoms. The lowest BCUT2D eigenvalue weighted by atomic mass is 10.0. The van der Waals surface area contributed by atoms with E-state index in [1.54, 1.807) is 4.90 Å². The van der Waals surface area contributed by atoms with Crippen LogP contribution in [0.15, 0.2) is 30.3 Å². The SMILES string of the molecule is CN(C)C(=O)N1CCC(NCCCc2ccccc2)CC1. The standard InChI is InChI=1S/C17H27N3O/c1-19(2)17(21)20-13-10-16(11-14-20)18-12-6-9-15-7-4-3-5-8-15/h3-5,7-8,16,18H,6,9-14H2,1-2H3. The van der Waals surface area contributed by atoms with E-state index < -0.39 is 0 Å². The van der Waals surface area contributed by atoms with Crippen molar-refractivity contribution in [3.05, 3.63) is 35.9 Å². The fourth-order valence-electron chi connectivity index (χ4n) is 2.80. The maximum absolute atomic E-state index is 11.9. The number of amides is 2. The van der Waals surface area contributed by atoms with Crippen molar-refractivity contribution in [1.29, 1.82) is 0 Å². The molecule has 116 valence electrons. The van der Waals surface area contributed by atoms with E-state index in [-0.39, 0.29) is 6.03 Å². The van der Waals surface area contributed by atoms with Gasteiger partial charge in [0.15, 0.2) is 0 Å². The third kappa shape index (κ3) is 5.05. The van der Waals surface area contributed by atoms with Crippen molar-refractivity contribution in [2.45, 2.75) is 31.7 Å². The van der Waals surface area contributed by atoms with Gasteiger partial charge in [-0.25, -0.2) is 4.79 Å². The van der Waals surface area contributed by atoms with Crippen LogP contribution >= 0.6 is 0 Å². The molecule has 1 aliphatic rings. The van der Waals surface area contributed by atoms with E-state index in [4.69, 9.17) is 0 Å². The Bertz CT molecular complexity index is 425. The lowest BCUT2D eigenvalue weighted by molar-refractivity contribution is 0.152. The molecule has 0 aliphatic carbocycles. The smallest absolute Gasteiger partial charge is 0.319 e. The molecule has 0 aromatic heterocycles. The maximum atomic E-state index is 11.9. The summed E-state index contributed by atoms with van der Waals surface area (Å²) < 4.78 is 0. The Morgan fingerprint density at radius 1 is 1.24 bits per heavy atom. The lowest BCUT2D eigenvalue weighted by Crippen LogP contribution is -2.48. The van der Waals surface area contributed by atoms with Crippen LogP contribution in [0.3, 0.4) is 0 Å². The number of benzene rings is 1.